The van der Waals surface area contributed by atoms with E-state index in [-0.39, 0.29) is 17.5 Å². The summed E-state index contributed by atoms with van der Waals surface area (Å²) in [5.41, 5.74) is 2.99. The summed E-state index contributed by atoms with van der Waals surface area (Å²) in [6, 6.07) is 5.88. The molecule has 0 aromatic heterocycles. The molecule has 1 heterocycles. The number of hydrogen-bond acceptors (Lipinski definition) is 3. The van der Waals surface area contributed by atoms with Gasteiger partial charge in [0.15, 0.2) is 0 Å². The monoisotopic (exact) mass is 273 g/mol. The lowest BCUT2D eigenvalue weighted by Crippen LogP contribution is -2.41. The highest BCUT2D eigenvalue weighted by Crippen LogP contribution is 2.35. The van der Waals surface area contributed by atoms with E-state index in [0.717, 1.165) is 23.5 Å². The van der Waals surface area contributed by atoms with Crippen LogP contribution in [-0.2, 0) is 4.79 Å². The molecule has 0 bridgehead atoms. The zero-order valence-corrected chi connectivity index (χ0v) is 12.7. The summed E-state index contributed by atoms with van der Waals surface area (Å²) in [5, 5.41) is 5.97. The van der Waals surface area contributed by atoms with E-state index in [9.17, 15) is 4.79 Å². The summed E-state index contributed by atoms with van der Waals surface area (Å²) >= 11 is 0. The summed E-state index contributed by atoms with van der Waals surface area (Å²) in [4.78, 5) is 14.1. The highest BCUT2D eigenvalue weighted by Gasteiger charge is 2.30. The van der Waals surface area contributed by atoms with Gasteiger partial charge < -0.3 is 15.5 Å². The fraction of sp³-hybridized carbons (Fsp3) is 0.438. The van der Waals surface area contributed by atoms with Crippen LogP contribution in [0.25, 0.3) is 0 Å². The largest absolute Gasteiger partial charge is 0.363 e. The maximum absolute atomic E-state index is 11.9. The number of benzene rings is 1. The van der Waals surface area contributed by atoms with Gasteiger partial charge in [0.2, 0.25) is 5.91 Å². The van der Waals surface area contributed by atoms with E-state index >= 15 is 0 Å². The maximum atomic E-state index is 11.9. The minimum atomic E-state index is -0.249. The van der Waals surface area contributed by atoms with Crippen LogP contribution in [0.3, 0.4) is 0 Å². The van der Waals surface area contributed by atoms with Gasteiger partial charge in [-0.25, -0.2) is 0 Å². The Bertz CT molecular complexity index is 531. The number of nitrogens with zero attached hydrogens (tertiary/aromatic N) is 1. The number of fused-ring (bicyclic) bond motifs is 1. The van der Waals surface area contributed by atoms with Crippen molar-refractivity contribution in [3.63, 3.8) is 0 Å². The van der Waals surface area contributed by atoms with E-state index in [1.807, 2.05) is 18.2 Å². The molecule has 1 atom stereocenters. The number of carbonyl (C=O) groups excluding carboxylic acids is 1. The van der Waals surface area contributed by atoms with E-state index in [4.69, 9.17) is 0 Å². The Morgan fingerprint density at radius 2 is 2.15 bits per heavy atom. The minimum Gasteiger partial charge on any atom is -0.363 e. The quantitative estimate of drug-likeness (QED) is 0.829. The van der Waals surface area contributed by atoms with Gasteiger partial charge in [-0.05, 0) is 40.0 Å². The minimum absolute atomic E-state index is 0.00526. The molecular formula is C16H23N3O. The van der Waals surface area contributed by atoms with Gasteiger partial charge in [0, 0.05) is 29.0 Å². The molecule has 108 valence electrons. The van der Waals surface area contributed by atoms with Crippen molar-refractivity contribution in [2.75, 3.05) is 23.8 Å². The molecule has 1 amide bonds. The number of carbonyl (C=O) groups is 1. The van der Waals surface area contributed by atoms with Gasteiger partial charge >= 0.3 is 0 Å². The fourth-order valence-electron chi connectivity index (χ4n) is 2.60. The second-order valence-electron chi connectivity index (χ2n) is 6.05. The van der Waals surface area contributed by atoms with Crippen LogP contribution in [0.4, 0.5) is 11.4 Å². The number of amides is 1. The lowest BCUT2D eigenvalue weighted by atomic mass is 10.0. The molecule has 0 spiro atoms. The van der Waals surface area contributed by atoms with Crippen LogP contribution in [0, 0.1) is 0 Å². The Balaban J connectivity index is 2.39. The third kappa shape index (κ3) is 2.56. The van der Waals surface area contributed by atoms with Crippen molar-refractivity contribution in [3.8, 4) is 0 Å². The van der Waals surface area contributed by atoms with Crippen molar-refractivity contribution in [2.24, 2.45) is 0 Å². The zero-order chi connectivity index (χ0) is 14.9. The van der Waals surface area contributed by atoms with Crippen molar-refractivity contribution >= 4 is 17.3 Å². The summed E-state index contributed by atoms with van der Waals surface area (Å²) in [7, 11) is 1.80. The molecule has 0 fully saturated rings. The smallest absolute Gasteiger partial charge is 0.246 e. The second-order valence-corrected chi connectivity index (χ2v) is 6.05. The summed E-state index contributed by atoms with van der Waals surface area (Å²) in [6.07, 6.45) is 1.90. The van der Waals surface area contributed by atoms with Crippen molar-refractivity contribution in [3.05, 3.63) is 36.4 Å². The Kier molecular flexibility index (Phi) is 3.86. The van der Waals surface area contributed by atoms with E-state index in [0.29, 0.717) is 0 Å². The Morgan fingerprint density at radius 1 is 1.45 bits per heavy atom. The molecule has 1 aliphatic heterocycles. The molecule has 0 radical (unpaired) electrons. The van der Waals surface area contributed by atoms with Gasteiger partial charge in [0.05, 0.1) is 0 Å². The van der Waals surface area contributed by atoms with E-state index in [1.54, 1.807) is 7.05 Å². The molecule has 1 aromatic carbocycles. The first-order valence-corrected chi connectivity index (χ1v) is 6.89. The normalized spacial score (nSPS) is 17.6. The van der Waals surface area contributed by atoms with Crippen LogP contribution in [-0.4, -0.2) is 25.0 Å². The predicted molar refractivity (Wildman–Crippen MR) is 84.2 cm³/mol. The average molecular weight is 273 g/mol. The van der Waals surface area contributed by atoms with Gasteiger partial charge in [-0.2, -0.15) is 0 Å². The predicted octanol–water partition coefficient (Wildman–Crippen LogP) is 2.69. The lowest BCUT2D eigenvalue weighted by molar-refractivity contribution is -0.117. The fourth-order valence-corrected chi connectivity index (χ4v) is 2.60. The van der Waals surface area contributed by atoms with Crippen LogP contribution >= 0.6 is 0 Å². The topological polar surface area (TPSA) is 44.4 Å². The van der Waals surface area contributed by atoms with Gasteiger partial charge in [-0.3, -0.25) is 4.79 Å². The number of hydrogen-bond donors (Lipinski definition) is 2. The standard InChI is InChI=1S/C16H23N3O/c1-6-9-19(16(2,3)4)11-7-8-12-13(10-11)18-15(20)14(12)17-5/h6-8,10,14,17H,1,9H2,2-5H3,(H,18,20). The van der Waals surface area contributed by atoms with Crippen LogP contribution < -0.4 is 15.5 Å². The molecule has 0 aliphatic carbocycles. The van der Waals surface area contributed by atoms with E-state index in [2.05, 4.69) is 49.0 Å². The first-order chi connectivity index (χ1) is 9.38. The first-order valence-electron chi connectivity index (χ1n) is 6.89. The zero-order valence-electron chi connectivity index (χ0n) is 12.7. The van der Waals surface area contributed by atoms with Gasteiger partial charge in [0.1, 0.15) is 6.04 Å². The lowest BCUT2D eigenvalue weighted by Gasteiger charge is -2.37. The van der Waals surface area contributed by atoms with Gasteiger partial charge in [-0.1, -0.05) is 12.1 Å². The van der Waals surface area contributed by atoms with Gasteiger partial charge in [-0.15, -0.1) is 6.58 Å². The summed E-state index contributed by atoms with van der Waals surface area (Å²) in [5.74, 6) is 0.00526. The van der Waals surface area contributed by atoms with Crippen molar-refractivity contribution in [2.45, 2.75) is 32.4 Å². The molecule has 2 rings (SSSR count). The molecule has 2 N–H and O–H groups in total. The first kappa shape index (κ1) is 14.6. The molecule has 20 heavy (non-hydrogen) atoms. The number of anilines is 2. The van der Waals surface area contributed by atoms with Gasteiger partial charge in [0.25, 0.3) is 0 Å². The van der Waals surface area contributed by atoms with Crippen molar-refractivity contribution < 1.29 is 4.79 Å². The SMILES string of the molecule is C=CCN(c1ccc2c(c1)NC(=O)C2NC)C(C)(C)C. The van der Waals surface area contributed by atoms with E-state index in [1.165, 1.54) is 0 Å². The Morgan fingerprint density at radius 3 is 2.70 bits per heavy atom. The second kappa shape index (κ2) is 5.29. The molecular weight excluding hydrogens is 250 g/mol. The van der Waals surface area contributed by atoms with E-state index < -0.39 is 0 Å². The molecule has 4 nitrogen and oxygen atoms in total. The van der Waals surface area contributed by atoms with Crippen molar-refractivity contribution in [1.82, 2.24) is 5.32 Å². The van der Waals surface area contributed by atoms with Crippen LogP contribution in [0.5, 0.6) is 0 Å². The van der Waals surface area contributed by atoms with Crippen LogP contribution in [0.1, 0.15) is 32.4 Å². The average Bonchev–Trinajstić information content (AvgIpc) is 2.68. The number of rotatable bonds is 4. The maximum Gasteiger partial charge on any atom is 0.246 e. The summed E-state index contributed by atoms with van der Waals surface area (Å²) < 4.78 is 0. The highest BCUT2D eigenvalue weighted by molar-refractivity contribution is 6.03. The molecule has 0 saturated carbocycles. The molecule has 1 unspecified atom stereocenters. The molecule has 1 aliphatic rings. The highest BCUT2D eigenvalue weighted by atomic mass is 16.2. The number of nitrogens with one attached hydrogen (secondary N) is 2. The van der Waals surface area contributed by atoms with Crippen molar-refractivity contribution in [1.29, 1.82) is 0 Å². The van der Waals surface area contributed by atoms with Crippen LogP contribution in [0.2, 0.25) is 0 Å². The number of likely N-dealkylation sites (N-methyl/N-ethyl adjacent to an activating group) is 1. The third-order valence-corrected chi connectivity index (χ3v) is 3.59. The third-order valence-electron chi connectivity index (χ3n) is 3.59. The Labute approximate surface area is 120 Å². The van der Waals surface area contributed by atoms with Crippen LogP contribution in [0.15, 0.2) is 30.9 Å². The Hall–Kier alpha value is -1.81. The molecule has 4 heteroatoms. The molecule has 1 aromatic rings. The molecule has 0 saturated heterocycles. The summed E-state index contributed by atoms with van der Waals surface area (Å²) in [6.45, 7) is 11.1.